The lowest BCUT2D eigenvalue weighted by atomic mass is 10.1. The fourth-order valence-electron chi connectivity index (χ4n) is 1.16. The van der Waals surface area contributed by atoms with Crippen LogP contribution in [0.25, 0.3) is 0 Å². The van der Waals surface area contributed by atoms with Crippen LogP contribution >= 0.6 is 0 Å². The molecule has 1 rings (SSSR count). The minimum Gasteiger partial charge on any atom is -0.481 e. The number of rotatable bonds is 5. The molecule has 1 heterocycles. The van der Waals surface area contributed by atoms with Crippen LogP contribution in [0.5, 0.6) is 0 Å². The lowest BCUT2D eigenvalue weighted by molar-refractivity contribution is -0.137. The Balaban J connectivity index is 2.02. The molecule has 1 saturated heterocycles. The molecule has 0 aromatic heterocycles. The zero-order valence-corrected chi connectivity index (χ0v) is 7.25. The zero-order valence-electron chi connectivity index (χ0n) is 7.25. The molecule has 0 amide bonds. The number of carboxylic acid groups (broad SMARTS) is 1. The van der Waals surface area contributed by atoms with Gasteiger partial charge in [0.15, 0.2) is 0 Å². The Bertz CT molecular complexity index is 156. The third kappa shape index (κ3) is 3.19. The van der Waals surface area contributed by atoms with Crippen molar-refractivity contribution in [1.29, 1.82) is 0 Å². The van der Waals surface area contributed by atoms with Gasteiger partial charge in [0.2, 0.25) is 0 Å². The lowest BCUT2D eigenvalue weighted by Crippen LogP contribution is -2.49. The summed E-state index contributed by atoms with van der Waals surface area (Å²) in [4.78, 5) is 10.2. The standard InChI is InChI=1S/C8H15NO3/c1-6(2-3-8(10)11)9-7-4-12-5-7/h6-7,9H,2-5H2,1H3,(H,10,11). The van der Waals surface area contributed by atoms with E-state index in [1.807, 2.05) is 6.92 Å². The first-order valence-corrected chi connectivity index (χ1v) is 4.24. The van der Waals surface area contributed by atoms with E-state index in [2.05, 4.69) is 5.32 Å². The van der Waals surface area contributed by atoms with Crippen LogP contribution < -0.4 is 5.32 Å². The van der Waals surface area contributed by atoms with Crippen LogP contribution in [0, 0.1) is 0 Å². The van der Waals surface area contributed by atoms with Crippen molar-refractivity contribution in [1.82, 2.24) is 5.32 Å². The molecule has 70 valence electrons. The number of carbonyl (C=O) groups is 1. The van der Waals surface area contributed by atoms with Gasteiger partial charge < -0.3 is 15.2 Å². The molecular weight excluding hydrogens is 158 g/mol. The highest BCUT2D eigenvalue weighted by molar-refractivity contribution is 5.66. The average Bonchev–Trinajstić information content (AvgIpc) is 1.93. The summed E-state index contributed by atoms with van der Waals surface area (Å²) in [5.74, 6) is -0.728. The van der Waals surface area contributed by atoms with Gasteiger partial charge in [-0.05, 0) is 13.3 Å². The molecule has 0 bridgehead atoms. The van der Waals surface area contributed by atoms with Crippen LogP contribution in [0.4, 0.5) is 0 Å². The maximum absolute atomic E-state index is 10.2. The third-order valence-electron chi connectivity index (χ3n) is 1.95. The van der Waals surface area contributed by atoms with Crippen LogP contribution in [0.3, 0.4) is 0 Å². The van der Waals surface area contributed by atoms with E-state index in [1.165, 1.54) is 0 Å². The van der Waals surface area contributed by atoms with E-state index in [0.29, 0.717) is 12.5 Å². The van der Waals surface area contributed by atoms with Gasteiger partial charge in [-0.15, -0.1) is 0 Å². The van der Waals surface area contributed by atoms with E-state index in [-0.39, 0.29) is 12.5 Å². The Morgan fingerprint density at radius 2 is 2.42 bits per heavy atom. The Morgan fingerprint density at radius 1 is 1.75 bits per heavy atom. The van der Waals surface area contributed by atoms with Crippen LogP contribution in [-0.4, -0.2) is 36.4 Å². The molecule has 0 spiro atoms. The van der Waals surface area contributed by atoms with Crippen LogP contribution in [0.15, 0.2) is 0 Å². The highest BCUT2D eigenvalue weighted by Gasteiger charge is 2.19. The van der Waals surface area contributed by atoms with Crippen molar-refractivity contribution in [3.8, 4) is 0 Å². The number of aliphatic carboxylic acids is 1. The fraction of sp³-hybridized carbons (Fsp3) is 0.875. The second-order valence-corrected chi connectivity index (χ2v) is 3.23. The number of nitrogens with one attached hydrogen (secondary N) is 1. The Labute approximate surface area is 71.9 Å². The lowest BCUT2D eigenvalue weighted by Gasteiger charge is -2.29. The van der Waals surface area contributed by atoms with Crippen molar-refractivity contribution >= 4 is 5.97 Å². The summed E-state index contributed by atoms with van der Waals surface area (Å²) in [6, 6.07) is 0.712. The van der Waals surface area contributed by atoms with E-state index in [9.17, 15) is 4.79 Å². The van der Waals surface area contributed by atoms with Crippen LogP contribution in [0.2, 0.25) is 0 Å². The second kappa shape index (κ2) is 4.42. The van der Waals surface area contributed by atoms with Gasteiger partial charge in [0.05, 0.1) is 19.3 Å². The van der Waals surface area contributed by atoms with Gasteiger partial charge >= 0.3 is 5.97 Å². The van der Waals surface area contributed by atoms with Crippen molar-refractivity contribution in [2.24, 2.45) is 0 Å². The first-order valence-electron chi connectivity index (χ1n) is 4.24. The van der Waals surface area contributed by atoms with Gasteiger partial charge in [0.1, 0.15) is 0 Å². The Hall–Kier alpha value is -0.610. The van der Waals surface area contributed by atoms with Crippen molar-refractivity contribution in [2.45, 2.75) is 31.8 Å². The zero-order chi connectivity index (χ0) is 8.97. The predicted octanol–water partition coefficient (Wildman–Crippen LogP) is 0.228. The van der Waals surface area contributed by atoms with Gasteiger partial charge in [-0.3, -0.25) is 4.79 Å². The van der Waals surface area contributed by atoms with Crippen LogP contribution in [0.1, 0.15) is 19.8 Å². The monoisotopic (exact) mass is 173 g/mol. The van der Waals surface area contributed by atoms with Gasteiger partial charge in [0.25, 0.3) is 0 Å². The maximum Gasteiger partial charge on any atom is 0.303 e. The van der Waals surface area contributed by atoms with E-state index in [1.54, 1.807) is 0 Å². The summed E-state index contributed by atoms with van der Waals surface area (Å²) in [7, 11) is 0. The van der Waals surface area contributed by atoms with Gasteiger partial charge in [-0.2, -0.15) is 0 Å². The summed E-state index contributed by atoms with van der Waals surface area (Å²) in [5.41, 5.74) is 0. The van der Waals surface area contributed by atoms with E-state index >= 15 is 0 Å². The molecule has 12 heavy (non-hydrogen) atoms. The molecule has 1 atom stereocenters. The molecule has 4 nitrogen and oxygen atoms in total. The first-order chi connectivity index (χ1) is 5.68. The van der Waals surface area contributed by atoms with Crippen molar-refractivity contribution in [3.63, 3.8) is 0 Å². The molecule has 0 radical (unpaired) electrons. The SMILES string of the molecule is CC(CCC(=O)O)NC1COC1. The van der Waals surface area contributed by atoms with Crippen molar-refractivity contribution in [3.05, 3.63) is 0 Å². The highest BCUT2D eigenvalue weighted by atomic mass is 16.5. The van der Waals surface area contributed by atoms with Crippen molar-refractivity contribution in [2.75, 3.05) is 13.2 Å². The smallest absolute Gasteiger partial charge is 0.303 e. The summed E-state index contributed by atoms with van der Waals surface area (Å²) >= 11 is 0. The van der Waals surface area contributed by atoms with E-state index < -0.39 is 5.97 Å². The molecule has 1 aliphatic rings. The number of hydrogen-bond acceptors (Lipinski definition) is 3. The fourth-order valence-corrected chi connectivity index (χ4v) is 1.16. The molecule has 0 saturated carbocycles. The predicted molar refractivity (Wildman–Crippen MR) is 44.1 cm³/mol. The molecule has 0 aliphatic carbocycles. The molecule has 4 heteroatoms. The van der Waals surface area contributed by atoms with Crippen molar-refractivity contribution < 1.29 is 14.6 Å². The maximum atomic E-state index is 10.2. The third-order valence-corrected chi connectivity index (χ3v) is 1.95. The molecule has 0 aromatic carbocycles. The minimum absolute atomic E-state index is 0.238. The van der Waals surface area contributed by atoms with Gasteiger partial charge in [0, 0.05) is 12.5 Å². The number of carboxylic acids is 1. The normalized spacial score (nSPS) is 20.1. The van der Waals surface area contributed by atoms with Crippen LogP contribution in [-0.2, 0) is 9.53 Å². The number of ether oxygens (including phenoxy) is 1. The quantitative estimate of drug-likeness (QED) is 0.624. The highest BCUT2D eigenvalue weighted by Crippen LogP contribution is 2.04. The Kier molecular flexibility index (Phi) is 3.49. The molecular formula is C8H15NO3. The van der Waals surface area contributed by atoms with Gasteiger partial charge in [-0.1, -0.05) is 0 Å². The summed E-state index contributed by atoms with van der Waals surface area (Å²) in [6.07, 6.45) is 0.924. The molecule has 1 unspecified atom stereocenters. The number of hydrogen-bond donors (Lipinski definition) is 2. The summed E-state index contributed by atoms with van der Waals surface area (Å²) < 4.78 is 4.98. The first kappa shape index (κ1) is 9.48. The largest absolute Gasteiger partial charge is 0.481 e. The topological polar surface area (TPSA) is 58.6 Å². The van der Waals surface area contributed by atoms with Gasteiger partial charge in [-0.25, -0.2) is 0 Å². The molecule has 0 aromatic rings. The summed E-state index contributed by atoms with van der Waals surface area (Å²) in [6.45, 7) is 3.52. The molecule has 1 aliphatic heterocycles. The van der Waals surface area contributed by atoms with E-state index in [0.717, 1.165) is 13.2 Å². The Morgan fingerprint density at radius 3 is 2.83 bits per heavy atom. The second-order valence-electron chi connectivity index (χ2n) is 3.23. The molecule has 1 fully saturated rings. The average molecular weight is 173 g/mol. The summed E-state index contributed by atoms with van der Waals surface area (Å²) in [5, 5.41) is 11.7. The molecule has 2 N–H and O–H groups in total. The minimum atomic E-state index is -0.728. The van der Waals surface area contributed by atoms with E-state index in [4.69, 9.17) is 9.84 Å².